The van der Waals surface area contributed by atoms with E-state index in [-0.39, 0.29) is 11.1 Å². The first-order chi connectivity index (χ1) is 31.6. The van der Waals surface area contributed by atoms with Crippen molar-refractivity contribution in [2.24, 2.45) is 0 Å². The number of fused-ring (bicyclic) bond motifs is 4. The number of nitriles is 4. The van der Waals surface area contributed by atoms with Crippen LogP contribution in [0.25, 0.3) is 33.4 Å². The molecule has 0 fully saturated rings. The van der Waals surface area contributed by atoms with Crippen LogP contribution >= 0.6 is 22.7 Å². The molecule has 2 aromatic heterocycles. The number of hydrogen-bond acceptors (Lipinski definition) is 6. The molecule has 332 valence electrons. The second kappa shape index (κ2) is 26.1. The molecule has 4 aromatic rings. The van der Waals surface area contributed by atoms with Crippen LogP contribution < -0.4 is 18.1 Å². The maximum absolute atomic E-state index is 9.81. The van der Waals surface area contributed by atoms with Crippen molar-refractivity contribution >= 4 is 56.1 Å². The van der Waals surface area contributed by atoms with Crippen LogP contribution in [0.3, 0.4) is 0 Å². The maximum atomic E-state index is 9.81. The van der Waals surface area contributed by atoms with Gasteiger partial charge in [-0.1, -0.05) is 192 Å². The highest BCUT2D eigenvalue weighted by molar-refractivity contribution is 7.08. The minimum absolute atomic E-state index is 0.139. The van der Waals surface area contributed by atoms with Gasteiger partial charge in [-0.3, -0.25) is 0 Å². The lowest BCUT2D eigenvalue weighted by atomic mass is 9.90. The molecular weight excluding hydrogens is 817 g/mol. The third-order valence-electron chi connectivity index (χ3n) is 13.3. The molecule has 0 radical (unpaired) electrons. The Bertz CT molecular complexity index is 2440. The molecule has 2 heterocycles. The normalized spacial score (nSPS) is 14.1. The fourth-order valence-corrected chi connectivity index (χ4v) is 11.8. The van der Waals surface area contributed by atoms with Gasteiger partial charge in [0.15, 0.2) is 0 Å². The van der Waals surface area contributed by atoms with Crippen LogP contribution in [0.15, 0.2) is 60.7 Å². The van der Waals surface area contributed by atoms with Gasteiger partial charge in [-0.2, -0.15) is 21.0 Å². The summed E-state index contributed by atoms with van der Waals surface area (Å²) >= 11 is 3.04. The Balaban J connectivity index is 1.26. The van der Waals surface area contributed by atoms with E-state index in [0.717, 1.165) is 33.1 Å². The molecule has 6 heteroatoms. The predicted octanol–water partition coefficient (Wildman–Crippen LogP) is 14.0. The van der Waals surface area contributed by atoms with Gasteiger partial charge < -0.3 is 0 Å². The molecule has 0 saturated carbocycles. The number of unbranched alkanes of at least 4 members (excludes halogenated alkanes) is 22. The predicted molar refractivity (Wildman–Crippen MR) is 271 cm³/mol. The summed E-state index contributed by atoms with van der Waals surface area (Å²) in [5, 5.41) is 39.2. The van der Waals surface area contributed by atoms with E-state index in [0.29, 0.717) is 9.06 Å². The lowest BCUT2D eigenvalue weighted by molar-refractivity contribution is 0.544. The van der Waals surface area contributed by atoms with Gasteiger partial charge in [-0.05, 0) is 83.3 Å². The molecule has 0 bridgehead atoms. The van der Waals surface area contributed by atoms with Gasteiger partial charge in [0.25, 0.3) is 0 Å². The molecule has 4 nitrogen and oxygen atoms in total. The number of allylic oxidation sites excluding steroid dienone is 2. The van der Waals surface area contributed by atoms with Crippen molar-refractivity contribution in [3.8, 4) is 24.3 Å². The number of rotatable bonds is 26. The standard InChI is InChI=1S/C58H68N4S2/c1-3-5-7-9-11-13-15-17-19-21-23-25-27-43-29-31-47-49(37-43)55(53-35-33-51(63-53)45(39-59)40-60)58-48-32-30-44(28-26-24-22-20-18-16-14-12-10-8-6-4-2)38-50(48)56(57(47)58)54-36-34-52(64-54)46(41-61)42-62/h29-38H,3-28H2,1-2H3/b55-53-,56-54-. The third kappa shape index (κ3) is 12.6. The van der Waals surface area contributed by atoms with Crippen molar-refractivity contribution in [3.05, 3.63) is 112 Å². The molecule has 0 unspecified atom stereocenters. The molecule has 0 saturated heterocycles. The second-order valence-corrected chi connectivity index (χ2v) is 20.2. The number of benzene rings is 2. The molecule has 0 spiro atoms. The summed E-state index contributed by atoms with van der Waals surface area (Å²) in [5.74, 6) is 0. The molecule has 0 amide bonds. The van der Waals surface area contributed by atoms with Crippen LogP contribution in [0, 0.1) is 45.3 Å². The zero-order valence-corrected chi connectivity index (χ0v) is 40.4. The van der Waals surface area contributed by atoms with Crippen molar-refractivity contribution in [1.82, 2.24) is 0 Å². The van der Waals surface area contributed by atoms with Crippen molar-refractivity contribution < 1.29 is 0 Å². The van der Waals surface area contributed by atoms with Gasteiger partial charge in [0.1, 0.15) is 35.4 Å². The van der Waals surface area contributed by atoms with Crippen LogP contribution in [-0.2, 0) is 12.8 Å². The second-order valence-electron chi connectivity index (χ2n) is 18.1. The van der Waals surface area contributed by atoms with E-state index in [9.17, 15) is 21.0 Å². The van der Waals surface area contributed by atoms with E-state index in [2.05, 4.69) is 86.7 Å². The molecule has 6 rings (SSSR count). The lowest BCUT2D eigenvalue weighted by Gasteiger charge is -2.14. The Morgan fingerprint density at radius 2 is 0.672 bits per heavy atom. The Morgan fingerprint density at radius 1 is 0.359 bits per heavy atom. The zero-order valence-electron chi connectivity index (χ0n) is 38.8. The SMILES string of the molecule is CCCCCCCCCCCCCCc1ccc2c(c1)/C(=c1\ccc(=C(C#N)C#N)s1)C1=C2/C(=c2/ccc(=C(C#N)C#N)s2)c2cc(CCCCCCCCCCCCCC)ccc21. The summed E-state index contributed by atoms with van der Waals surface area (Å²) in [6.45, 7) is 4.56. The quantitative estimate of drug-likeness (QED) is 0.0587. The Hall–Kier alpha value is -4.98. The lowest BCUT2D eigenvalue weighted by Crippen LogP contribution is -2.06. The van der Waals surface area contributed by atoms with Gasteiger partial charge in [-0.15, -0.1) is 22.7 Å². The summed E-state index contributed by atoms with van der Waals surface area (Å²) < 4.78 is 3.48. The zero-order chi connectivity index (χ0) is 44.9. The summed E-state index contributed by atoms with van der Waals surface area (Å²) in [6, 6.07) is 30.6. The third-order valence-corrected chi connectivity index (χ3v) is 15.5. The van der Waals surface area contributed by atoms with Crippen molar-refractivity contribution in [2.45, 2.75) is 181 Å². The van der Waals surface area contributed by atoms with Crippen molar-refractivity contribution in [1.29, 1.82) is 21.0 Å². The smallest absolute Gasteiger partial charge is 0.146 e. The Morgan fingerprint density at radius 3 is 0.984 bits per heavy atom. The highest BCUT2D eigenvalue weighted by Gasteiger charge is 2.38. The molecule has 2 aliphatic carbocycles. The fraction of sp³-hybridized carbons (Fsp3) is 0.483. The van der Waals surface area contributed by atoms with Crippen LogP contribution in [0.5, 0.6) is 0 Å². The van der Waals surface area contributed by atoms with Crippen LogP contribution in [-0.4, -0.2) is 0 Å². The fourth-order valence-electron chi connectivity index (χ4n) is 9.74. The van der Waals surface area contributed by atoms with E-state index in [1.807, 2.05) is 12.1 Å². The van der Waals surface area contributed by atoms with Gasteiger partial charge >= 0.3 is 0 Å². The van der Waals surface area contributed by atoms with E-state index in [1.54, 1.807) is 0 Å². The van der Waals surface area contributed by atoms with Crippen LogP contribution in [0.2, 0.25) is 0 Å². The van der Waals surface area contributed by atoms with Gasteiger partial charge in [0.2, 0.25) is 0 Å². The highest BCUT2D eigenvalue weighted by atomic mass is 32.1. The molecule has 2 aromatic carbocycles. The molecular formula is C58H68N4S2. The maximum Gasteiger partial charge on any atom is 0.146 e. The molecule has 2 aliphatic rings. The minimum atomic E-state index is 0.139. The first kappa shape index (κ1) is 48.5. The van der Waals surface area contributed by atoms with Gasteiger partial charge in [0, 0.05) is 31.4 Å². The molecule has 0 aliphatic heterocycles. The number of nitrogens with zero attached hydrogens (tertiary/aromatic N) is 4. The summed E-state index contributed by atoms with van der Waals surface area (Å²) in [7, 11) is 0. The van der Waals surface area contributed by atoms with E-state index >= 15 is 0 Å². The average molecular weight is 885 g/mol. The Labute approximate surface area is 392 Å². The van der Waals surface area contributed by atoms with E-state index < -0.39 is 0 Å². The number of hydrogen-bond donors (Lipinski definition) is 0. The average Bonchev–Trinajstić information content (AvgIpc) is 4.12. The summed E-state index contributed by atoms with van der Waals surface area (Å²) in [5.41, 5.74) is 12.5. The van der Waals surface area contributed by atoms with Gasteiger partial charge in [0.05, 0.1) is 9.06 Å². The molecule has 0 atom stereocenters. The first-order valence-corrected chi connectivity index (χ1v) is 26.5. The number of thiophene rings is 2. The van der Waals surface area contributed by atoms with E-state index in [4.69, 9.17) is 0 Å². The summed E-state index contributed by atoms with van der Waals surface area (Å²) in [4.78, 5) is 0. The first-order valence-electron chi connectivity index (χ1n) is 24.9. The largest absolute Gasteiger partial charge is 0.192 e. The summed E-state index contributed by atoms with van der Waals surface area (Å²) in [6.07, 6.45) is 34.0. The van der Waals surface area contributed by atoms with Gasteiger partial charge in [-0.25, -0.2) is 0 Å². The monoisotopic (exact) mass is 884 g/mol. The van der Waals surface area contributed by atoms with Crippen molar-refractivity contribution in [3.63, 3.8) is 0 Å². The van der Waals surface area contributed by atoms with Crippen molar-refractivity contribution in [2.75, 3.05) is 0 Å². The highest BCUT2D eigenvalue weighted by Crippen LogP contribution is 2.56. The van der Waals surface area contributed by atoms with Crippen LogP contribution in [0.4, 0.5) is 0 Å². The van der Waals surface area contributed by atoms with E-state index in [1.165, 1.54) is 221 Å². The Kier molecular flexibility index (Phi) is 19.8. The topological polar surface area (TPSA) is 95.2 Å². The molecule has 64 heavy (non-hydrogen) atoms. The molecule has 0 N–H and O–H groups in total. The number of aryl methyl sites for hydroxylation is 2. The van der Waals surface area contributed by atoms with Crippen LogP contribution in [0.1, 0.15) is 201 Å². The minimum Gasteiger partial charge on any atom is -0.192 e.